The summed E-state index contributed by atoms with van der Waals surface area (Å²) < 4.78 is 0. The first-order valence-corrected chi connectivity index (χ1v) is 13.6. The summed E-state index contributed by atoms with van der Waals surface area (Å²) in [5.74, 6) is -1.34. The molecule has 206 valence electrons. The van der Waals surface area contributed by atoms with Crippen LogP contribution in [-0.4, -0.2) is 58.1 Å². The number of nitroso groups, excluding NO2 is 1. The van der Waals surface area contributed by atoms with Crippen LogP contribution >= 0.6 is 11.3 Å². The quantitative estimate of drug-likeness (QED) is 0.0403. The molecule has 0 aliphatic heterocycles. The van der Waals surface area contributed by atoms with Crippen LogP contribution in [0.25, 0.3) is 0 Å². The Labute approximate surface area is 220 Å². The fourth-order valence-electron chi connectivity index (χ4n) is 4.71. The fraction of sp³-hybridized carbons (Fsp3) is 0.696. The maximum Gasteiger partial charge on any atom is 0.248 e. The minimum absolute atomic E-state index is 0.144. The zero-order chi connectivity index (χ0) is 27.0. The Morgan fingerprint density at radius 1 is 1.30 bits per heavy atom. The van der Waals surface area contributed by atoms with E-state index in [2.05, 4.69) is 25.9 Å². The van der Waals surface area contributed by atoms with Crippen molar-refractivity contribution in [1.29, 1.82) is 0 Å². The average Bonchev–Trinajstić information content (AvgIpc) is 3.41. The monoisotopic (exact) mass is 538 g/mol. The molecule has 1 heterocycles. The van der Waals surface area contributed by atoms with E-state index in [1.165, 1.54) is 11.3 Å². The van der Waals surface area contributed by atoms with Gasteiger partial charge in [0.1, 0.15) is 6.04 Å². The second-order valence-electron chi connectivity index (χ2n) is 9.19. The molecule has 0 unspecified atom stereocenters. The molecule has 0 spiro atoms. The van der Waals surface area contributed by atoms with Gasteiger partial charge >= 0.3 is 0 Å². The van der Waals surface area contributed by atoms with Gasteiger partial charge in [-0.2, -0.15) is 0 Å². The van der Waals surface area contributed by atoms with Crippen LogP contribution in [0.4, 0.5) is 5.13 Å². The van der Waals surface area contributed by atoms with Crippen molar-refractivity contribution in [3.8, 4) is 0 Å². The van der Waals surface area contributed by atoms with E-state index in [-0.39, 0.29) is 24.8 Å². The third-order valence-electron chi connectivity index (χ3n) is 6.53. The molecule has 6 N–H and O–H groups in total. The van der Waals surface area contributed by atoms with Gasteiger partial charge in [0.25, 0.3) is 0 Å². The number of nitrogens with two attached hydrogens (primary N) is 1. The van der Waals surface area contributed by atoms with Gasteiger partial charge in [-0.3, -0.25) is 24.6 Å². The molecular formula is C23H38N8O5S. The summed E-state index contributed by atoms with van der Waals surface area (Å²) >= 11 is 1.25. The topological polar surface area (TPSA) is 191 Å². The number of nitrogens with one attached hydrogen (secondary N) is 3. The highest BCUT2D eigenvalue weighted by Crippen LogP contribution is 2.32. The summed E-state index contributed by atoms with van der Waals surface area (Å²) in [6.07, 6.45) is 9.47. The van der Waals surface area contributed by atoms with E-state index in [9.17, 15) is 24.5 Å². The highest BCUT2D eigenvalue weighted by molar-refractivity contribution is 7.13. The Hall–Kier alpha value is -3.13. The van der Waals surface area contributed by atoms with Gasteiger partial charge in [-0.05, 0) is 31.6 Å². The number of hydrogen-bond acceptors (Lipinski definition) is 9. The summed E-state index contributed by atoms with van der Waals surface area (Å²) in [5, 5.41) is 21.1. The number of carbonyl (C=O) groups is 3. The zero-order valence-corrected chi connectivity index (χ0v) is 22.0. The number of thiazole rings is 1. The van der Waals surface area contributed by atoms with Gasteiger partial charge in [0.15, 0.2) is 5.13 Å². The molecule has 2 rings (SSSR count). The van der Waals surface area contributed by atoms with Gasteiger partial charge in [-0.1, -0.05) is 45.4 Å². The van der Waals surface area contributed by atoms with Crippen LogP contribution in [-0.2, 0) is 14.4 Å². The minimum atomic E-state index is -0.913. The number of hydrogen-bond donors (Lipinski definition) is 5. The van der Waals surface area contributed by atoms with Crippen LogP contribution in [0.2, 0.25) is 0 Å². The Balaban J connectivity index is 2.19. The van der Waals surface area contributed by atoms with Crippen LogP contribution in [0.1, 0.15) is 71.1 Å². The first-order valence-electron chi connectivity index (χ1n) is 12.7. The van der Waals surface area contributed by atoms with Crippen molar-refractivity contribution >= 4 is 40.7 Å². The fourth-order valence-corrected chi connectivity index (χ4v) is 5.25. The molecule has 1 aromatic rings. The number of amides is 3. The van der Waals surface area contributed by atoms with Crippen molar-refractivity contribution in [2.24, 2.45) is 27.8 Å². The predicted octanol–water partition coefficient (Wildman–Crippen LogP) is 2.54. The average molecular weight is 539 g/mol. The van der Waals surface area contributed by atoms with Crippen LogP contribution in [0.3, 0.4) is 0 Å². The number of nitrogens with zero attached hydrogens (tertiary/aromatic N) is 4. The standard InChI is InChI=1S/C23H38N8O5S/c1-2-7-19(31(36)15-32)17(14-16-8-4-3-5-9-16)20(33)27-18(10-6-11-25-22(24)29-30-35)21(34)28-23-26-12-13-37-23/h12-13,15-19,36H,2-11,14H2,1H3,(H,27,33)(H,26,28,34)(H3,24,25,29,35)/t17-,18+,19+/m1/s1. The Bertz CT molecular complexity index is 878. The van der Waals surface area contributed by atoms with Crippen LogP contribution in [0, 0.1) is 16.7 Å². The van der Waals surface area contributed by atoms with Gasteiger partial charge in [0.2, 0.25) is 24.2 Å². The molecule has 1 aliphatic rings. The molecule has 1 saturated carbocycles. The van der Waals surface area contributed by atoms with Crippen LogP contribution < -0.4 is 21.8 Å². The van der Waals surface area contributed by atoms with E-state index in [4.69, 9.17) is 5.73 Å². The van der Waals surface area contributed by atoms with E-state index < -0.39 is 23.9 Å². The summed E-state index contributed by atoms with van der Waals surface area (Å²) in [5.41, 5.74) is 7.49. The lowest BCUT2D eigenvalue weighted by Gasteiger charge is -2.34. The van der Waals surface area contributed by atoms with Gasteiger partial charge in [0.05, 0.1) is 17.2 Å². The first-order chi connectivity index (χ1) is 17.9. The Morgan fingerprint density at radius 3 is 2.68 bits per heavy atom. The van der Waals surface area contributed by atoms with Gasteiger partial charge in [-0.25, -0.2) is 15.5 Å². The molecule has 13 nitrogen and oxygen atoms in total. The highest BCUT2D eigenvalue weighted by Gasteiger charge is 2.36. The third kappa shape index (κ3) is 10.4. The highest BCUT2D eigenvalue weighted by atomic mass is 32.1. The number of rotatable bonds is 16. The molecule has 1 fully saturated rings. The minimum Gasteiger partial charge on any atom is -0.368 e. The lowest BCUT2D eigenvalue weighted by Crippen LogP contribution is -2.51. The van der Waals surface area contributed by atoms with E-state index in [0.717, 1.165) is 32.1 Å². The molecule has 0 bridgehead atoms. The predicted molar refractivity (Wildman–Crippen MR) is 140 cm³/mol. The maximum atomic E-state index is 13.6. The van der Waals surface area contributed by atoms with Crippen molar-refractivity contribution in [2.45, 2.75) is 83.2 Å². The van der Waals surface area contributed by atoms with Gasteiger partial charge in [0, 0.05) is 18.1 Å². The second kappa shape index (κ2) is 16.6. The lowest BCUT2D eigenvalue weighted by molar-refractivity contribution is -0.169. The zero-order valence-electron chi connectivity index (χ0n) is 21.2. The normalized spacial score (nSPS) is 16.8. The van der Waals surface area contributed by atoms with Gasteiger partial charge in [-0.15, -0.1) is 16.2 Å². The van der Waals surface area contributed by atoms with Crippen molar-refractivity contribution in [1.82, 2.24) is 20.8 Å². The van der Waals surface area contributed by atoms with Crippen molar-refractivity contribution in [3.05, 3.63) is 16.5 Å². The van der Waals surface area contributed by atoms with Crippen LogP contribution in [0.5, 0.6) is 0 Å². The van der Waals surface area contributed by atoms with Crippen molar-refractivity contribution in [3.63, 3.8) is 0 Å². The number of carbonyl (C=O) groups excluding carboxylic acids is 3. The summed E-state index contributed by atoms with van der Waals surface area (Å²) in [7, 11) is 0. The molecule has 3 atom stereocenters. The first kappa shape index (κ1) is 30.1. The number of anilines is 1. The molecule has 37 heavy (non-hydrogen) atoms. The molecule has 0 radical (unpaired) electrons. The van der Waals surface area contributed by atoms with E-state index in [0.29, 0.717) is 48.2 Å². The molecule has 3 amide bonds. The largest absolute Gasteiger partial charge is 0.368 e. The molecule has 1 aliphatic carbocycles. The van der Waals surface area contributed by atoms with Gasteiger partial charge < -0.3 is 16.4 Å². The molecule has 14 heteroatoms. The maximum absolute atomic E-state index is 13.6. The Kier molecular flexibility index (Phi) is 13.5. The molecule has 1 aromatic heterocycles. The van der Waals surface area contributed by atoms with E-state index in [1.54, 1.807) is 11.6 Å². The summed E-state index contributed by atoms with van der Waals surface area (Å²) in [6, 6.07) is -1.61. The summed E-state index contributed by atoms with van der Waals surface area (Å²) in [4.78, 5) is 56.4. The molecule has 0 saturated heterocycles. The number of aliphatic imine (C=N–C) groups is 1. The number of hydroxylamine groups is 2. The van der Waals surface area contributed by atoms with Crippen molar-refractivity contribution < 1.29 is 19.6 Å². The third-order valence-corrected chi connectivity index (χ3v) is 7.22. The smallest absolute Gasteiger partial charge is 0.248 e. The lowest BCUT2D eigenvalue weighted by atomic mass is 9.79. The second-order valence-corrected chi connectivity index (χ2v) is 10.1. The Morgan fingerprint density at radius 2 is 2.05 bits per heavy atom. The summed E-state index contributed by atoms with van der Waals surface area (Å²) in [6.45, 7) is 2.12. The van der Waals surface area contributed by atoms with E-state index >= 15 is 0 Å². The van der Waals surface area contributed by atoms with Crippen LogP contribution in [0.15, 0.2) is 21.9 Å². The molecular weight excluding hydrogens is 500 g/mol. The van der Waals surface area contributed by atoms with Crippen molar-refractivity contribution in [2.75, 3.05) is 11.9 Å². The number of guanidine groups is 1. The van der Waals surface area contributed by atoms with E-state index in [1.807, 2.05) is 12.3 Å². The molecule has 0 aromatic carbocycles. The number of aromatic nitrogens is 1. The SMILES string of the molecule is CCC[C@@H]([C@@H](CC1CCCCC1)C(=O)N[C@@H](CCCN=C(N)NN=O)C(=O)Nc1nccs1)N(O)C=O.